The van der Waals surface area contributed by atoms with Gasteiger partial charge in [-0.15, -0.1) is 0 Å². The van der Waals surface area contributed by atoms with Crippen LogP contribution in [0.2, 0.25) is 0 Å². The second-order valence-corrected chi connectivity index (χ2v) is 8.02. The SMILES string of the molecule is O=C(CCC(=O)OCCCc1ccccc1)NC(=S)Nc1ccc(OCc2ccccc2)cc1. The molecule has 0 saturated carbocycles. The second-order valence-electron chi connectivity index (χ2n) is 7.61. The van der Waals surface area contributed by atoms with Gasteiger partial charge in [0.2, 0.25) is 5.91 Å². The lowest BCUT2D eigenvalue weighted by Gasteiger charge is -2.11. The average molecular weight is 477 g/mol. The summed E-state index contributed by atoms with van der Waals surface area (Å²) in [6, 6.07) is 27.2. The lowest BCUT2D eigenvalue weighted by molar-refractivity contribution is -0.145. The summed E-state index contributed by atoms with van der Waals surface area (Å²) in [6.07, 6.45) is 1.60. The van der Waals surface area contributed by atoms with Gasteiger partial charge < -0.3 is 20.1 Å². The number of ether oxygens (including phenoxy) is 2. The highest BCUT2D eigenvalue weighted by Gasteiger charge is 2.10. The summed E-state index contributed by atoms with van der Waals surface area (Å²) in [5, 5.41) is 5.69. The number of rotatable bonds is 11. The molecule has 0 saturated heterocycles. The Bertz CT molecular complexity index is 1060. The highest BCUT2D eigenvalue weighted by atomic mass is 32.1. The number of benzene rings is 3. The summed E-state index contributed by atoms with van der Waals surface area (Å²) >= 11 is 5.18. The van der Waals surface area contributed by atoms with Gasteiger partial charge in [-0.2, -0.15) is 0 Å². The maximum atomic E-state index is 12.1. The summed E-state index contributed by atoms with van der Waals surface area (Å²) in [6.45, 7) is 0.817. The molecule has 0 aliphatic heterocycles. The minimum Gasteiger partial charge on any atom is -0.489 e. The van der Waals surface area contributed by atoms with E-state index in [0.29, 0.717) is 13.2 Å². The predicted octanol–water partition coefficient (Wildman–Crippen LogP) is 5.03. The van der Waals surface area contributed by atoms with Gasteiger partial charge in [-0.25, -0.2) is 0 Å². The van der Waals surface area contributed by atoms with E-state index in [-0.39, 0.29) is 23.9 Å². The van der Waals surface area contributed by atoms with Crippen LogP contribution in [0.15, 0.2) is 84.9 Å². The van der Waals surface area contributed by atoms with Crippen molar-refractivity contribution in [3.63, 3.8) is 0 Å². The normalized spacial score (nSPS) is 10.2. The second kappa shape index (κ2) is 13.7. The first-order valence-electron chi connectivity index (χ1n) is 11.2. The third-order valence-electron chi connectivity index (χ3n) is 4.89. The molecule has 2 N–H and O–H groups in total. The number of carbonyl (C=O) groups excluding carboxylic acids is 2. The van der Waals surface area contributed by atoms with Gasteiger partial charge in [0.1, 0.15) is 12.4 Å². The molecule has 3 aromatic carbocycles. The zero-order chi connectivity index (χ0) is 24.0. The van der Waals surface area contributed by atoms with Gasteiger partial charge in [-0.05, 0) is 60.5 Å². The molecule has 176 valence electrons. The van der Waals surface area contributed by atoms with E-state index in [1.165, 1.54) is 5.56 Å². The lowest BCUT2D eigenvalue weighted by Crippen LogP contribution is -2.34. The van der Waals surface area contributed by atoms with E-state index in [1.54, 1.807) is 0 Å². The molecule has 6 nitrogen and oxygen atoms in total. The minimum atomic E-state index is -0.395. The fraction of sp³-hybridized carbons (Fsp3) is 0.222. The van der Waals surface area contributed by atoms with Crippen LogP contribution in [0.4, 0.5) is 5.69 Å². The van der Waals surface area contributed by atoms with Crippen molar-refractivity contribution in [1.29, 1.82) is 0 Å². The lowest BCUT2D eigenvalue weighted by atomic mass is 10.1. The van der Waals surface area contributed by atoms with E-state index in [1.807, 2.05) is 84.9 Å². The predicted molar refractivity (Wildman–Crippen MR) is 137 cm³/mol. The van der Waals surface area contributed by atoms with Crippen LogP contribution in [0.5, 0.6) is 5.75 Å². The van der Waals surface area contributed by atoms with Crippen molar-refractivity contribution < 1.29 is 19.1 Å². The zero-order valence-electron chi connectivity index (χ0n) is 18.9. The number of hydrogen-bond donors (Lipinski definition) is 2. The minimum absolute atomic E-state index is 0.00556. The summed E-state index contributed by atoms with van der Waals surface area (Å²) in [4.78, 5) is 23.9. The fourth-order valence-electron chi connectivity index (χ4n) is 3.12. The van der Waals surface area contributed by atoms with Crippen LogP contribution >= 0.6 is 12.2 Å². The zero-order valence-corrected chi connectivity index (χ0v) is 19.7. The van der Waals surface area contributed by atoms with E-state index in [0.717, 1.165) is 29.8 Å². The van der Waals surface area contributed by atoms with Crippen LogP contribution in [0, 0.1) is 0 Å². The number of amides is 1. The number of nitrogens with one attached hydrogen (secondary N) is 2. The monoisotopic (exact) mass is 476 g/mol. The van der Waals surface area contributed by atoms with Crippen molar-refractivity contribution >= 4 is 34.9 Å². The van der Waals surface area contributed by atoms with Crippen molar-refractivity contribution in [2.45, 2.75) is 32.3 Å². The van der Waals surface area contributed by atoms with Crippen LogP contribution < -0.4 is 15.4 Å². The molecule has 0 heterocycles. The standard InChI is InChI=1S/C27H28N2O4S/c30-25(17-18-26(31)32-19-7-12-21-8-3-1-4-9-21)29-27(34)28-23-13-15-24(16-14-23)33-20-22-10-5-2-6-11-22/h1-6,8-11,13-16H,7,12,17-20H2,(H2,28,29,30,34). The van der Waals surface area contributed by atoms with Crippen LogP contribution in [0.1, 0.15) is 30.4 Å². The Labute approximate surface area is 205 Å². The molecule has 0 aliphatic carbocycles. The number of carbonyl (C=O) groups is 2. The number of aryl methyl sites for hydroxylation is 1. The van der Waals surface area contributed by atoms with Gasteiger partial charge >= 0.3 is 5.97 Å². The molecule has 3 rings (SSSR count). The van der Waals surface area contributed by atoms with Gasteiger partial charge in [-0.3, -0.25) is 9.59 Å². The Morgan fingerprint density at radius 3 is 2.12 bits per heavy atom. The Morgan fingerprint density at radius 1 is 0.794 bits per heavy atom. The number of esters is 1. The van der Waals surface area contributed by atoms with Crippen molar-refractivity contribution in [3.8, 4) is 5.75 Å². The van der Waals surface area contributed by atoms with Crippen molar-refractivity contribution in [3.05, 3.63) is 96.1 Å². The number of thiocarbonyl (C=S) groups is 1. The third-order valence-corrected chi connectivity index (χ3v) is 5.09. The Balaban J connectivity index is 1.29. The highest BCUT2D eigenvalue weighted by molar-refractivity contribution is 7.80. The van der Waals surface area contributed by atoms with Gasteiger partial charge in [0.05, 0.1) is 13.0 Å². The van der Waals surface area contributed by atoms with Crippen molar-refractivity contribution in [2.24, 2.45) is 0 Å². The van der Waals surface area contributed by atoms with Crippen LogP contribution in [0.25, 0.3) is 0 Å². The molecule has 3 aromatic rings. The van der Waals surface area contributed by atoms with Crippen molar-refractivity contribution in [2.75, 3.05) is 11.9 Å². The molecule has 0 aliphatic rings. The first-order valence-corrected chi connectivity index (χ1v) is 11.6. The van der Waals surface area contributed by atoms with Crippen LogP contribution in [0.3, 0.4) is 0 Å². The van der Waals surface area contributed by atoms with Crippen molar-refractivity contribution in [1.82, 2.24) is 5.32 Å². The molecule has 0 fully saturated rings. The van der Waals surface area contributed by atoms with Gasteiger partial charge in [0.25, 0.3) is 0 Å². The molecule has 0 unspecified atom stereocenters. The molecule has 0 aromatic heterocycles. The highest BCUT2D eigenvalue weighted by Crippen LogP contribution is 2.17. The molecule has 0 bridgehead atoms. The molecule has 34 heavy (non-hydrogen) atoms. The fourth-order valence-corrected chi connectivity index (χ4v) is 3.35. The Morgan fingerprint density at radius 2 is 1.44 bits per heavy atom. The molecule has 0 spiro atoms. The largest absolute Gasteiger partial charge is 0.489 e. The summed E-state index contributed by atoms with van der Waals surface area (Å²) in [7, 11) is 0. The van der Waals surface area contributed by atoms with E-state index >= 15 is 0 Å². The van der Waals surface area contributed by atoms with E-state index in [4.69, 9.17) is 21.7 Å². The molecule has 0 radical (unpaired) electrons. The number of anilines is 1. The number of hydrogen-bond acceptors (Lipinski definition) is 5. The molecular formula is C27H28N2O4S. The van der Waals surface area contributed by atoms with Gasteiger partial charge in [0, 0.05) is 12.1 Å². The summed E-state index contributed by atoms with van der Waals surface area (Å²) in [5.74, 6) is -0.0126. The molecule has 0 atom stereocenters. The maximum Gasteiger partial charge on any atom is 0.306 e. The molecule has 1 amide bonds. The first kappa shape index (κ1) is 24.9. The summed E-state index contributed by atoms with van der Waals surface area (Å²) in [5.41, 5.74) is 3.01. The Hall–Kier alpha value is -3.71. The van der Waals surface area contributed by atoms with Gasteiger partial charge in [0.15, 0.2) is 5.11 Å². The van der Waals surface area contributed by atoms with Crippen LogP contribution in [-0.2, 0) is 27.4 Å². The molecular weight excluding hydrogens is 448 g/mol. The smallest absolute Gasteiger partial charge is 0.306 e. The van der Waals surface area contributed by atoms with E-state index < -0.39 is 5.97 Å². The maximum absolute atomic E-state index is 12.1. The quantitative estimate of drug-likeness (QED) is 0.230. The topological polar surface area (TPSA) is 76.7 Å². The van der Waals surface area contributed by atoms with Gasteiger partial charge in [-0.1, -0.05) is 60.7 Å². The third kappa shape index (κ3) is 9.42. The summed E-state index contributed by atoms with van der Waals surface area (Å²) < 4.78 is 10.9. The Kier molecular flexibility index (Phi) is 10.1. The van der Waals surface area contributed by atoms with E-state index in [9.17, 15) is 9.59 Å². The average Bonchev–Trinajstić information content (AvgIpc) is 2.86. The molecule has 7 heteroatoms. The van der Waals surface area contributed by atoms with E-state index in [2.05, 4.69) is 10.6 Å². The first-order chi connectivity index (χ1) is 16.6. The van der Waals surface area contributed by atoms with Crippen LogP contribution in [-0.4, -0.2) is 23.6 Å².